The average Bonchev–Trinajstić information content (AvgIpc) is 2.75. The first-order chi connectivity index (χ1) is 13.3. The topological polar surface area (TPSA) is 0 Å². The lowest BCUT2D eigenvalue weighted by atomic mass is 10.2. The Balaban J connectivity index is 2.00. The van der Waals surface area contributed by atoms with Crippen molar-refractivity contribution in [2.45, 2.75) is 6.16 Å². The second kappa shape index (κ2) is 7.86. The van der Waals surface area contributed by atoms with Crippen LogP contribution < -0.4 is 15.9 Å². The van der Waals surface area contributed by atoms with Crippen LogP contribution >= 0.6 is 7.26 Å². The molecule has 0 unspecified atom stereocenters. The predicted octanol–water partition coefficient (Wildman–Crippen LogP) is 5.32. The maximum Gasteiger partial charge on any atom is 0.123 e. The Hall–Kier alpha value is -2.76. The molecule has 2 heteroatoms. The van der Waals surface area contributed by atoms with Gasteiger partial charge in [0.1, 0.15) is 29.0 Å². The van der Waals surface area contributed by atoms with E-state index in [0.717, 1.165) is 6.16 Å². The normalized spacial score (nSPS) is 11.3. The van der Waals surface area contributed by atoms with Gasteiger partial charge in [0.2, 0.25) is 0 Å². The minimum absolute atomic E-state index is 0.197. The van der Waals surface area contributed by atoms with Gasteiger partial charge in [-0.2, -0.15) is 0 Å². The highest BCUT2D eigenvalue weighted by atomic mass is 31.2. The van der Waals surface area contributed by atoms with Crippen molar-refractivity contribution in [2.24, 2.45) is 0 Å². The van der Waals surface area contributed by atoms with Gasteiger partial charge in [0.05, 0.1) is 6.16 Å². The van der Waals surface area contributed by atoms with Gasteiger partial charge in [0.15, 0.2) is 0 Å². The molecule has 132 valence electrons. The van der Waals surface area contributed by atoms with E-state index in [1.165, 1.54) is 21.5 Å². The number of hydrogen-bond donors (Lipinski definition) is 0. The molecule has 0 saturated carbocycles. The van der Waals surface area contributed by atoms with Crippen LogP contribution in [0.2, 0.25) is 0 Å². The Morgan fingerprint density at radius 3 is 1.37 bits per heavy atom. The van der Waals surface area contributed by atoms with Crippen molar-refractivity contribution >= 4 is 23.2 Å². The molecule has 0 nitrogen and oxygen atoms in total. The molecule has 4 rings (SSSR count). The van der Waals surface area contributed by atoms with Crippen molar-refractivity contribution in [1.29, 1.82) is 0 Å². The van der Waals surface area contributed by atoms with Crippen LogP contribution in [-0.2, 0) is 6.16 Å². The molecular formula is C25H21FP+. The first kappa shape index (κ1) is 17.6. The SMILES string of the molecule is Fc1ccc([P+](Cc2ccccc2)(c2ccccc2)c2ccccc2)cc1. The Morgan fingerprint density at radius 2 is 0.889 bits per heavy atom. The minimum atomic E-state index is -1.96. The first-order valence-corrected chi connectivity index (χ1v) is 11.1. The molecule has 0 aliphatic heterocycles. The summed E-state index contributed by atoms with van der Waals surface area (Å²) in [5.41, 5.74) is 1.29. The summed E-state index contributed by atoms with van der Waals surface area (Å²) in [5.74, 6) is -0.197. The molecule has 0 aliphatic carbocycles. The van der Waals surface area contributed by atoms with E-state index in [1.807, 2.05) is 18.2 Å². The van der Waals surface area contributed by atoms with Gasteiger partial charge in [-0.15, -0.1) is 0 Å². The molecule has 27 heavy (non-hydrogen) atoms. The Bertz CT molecular complexity index is 941. The average molecular weight is 371 g/mol. The van der Waals surface area contributed by atoms with E-state index in [-0.39, 0.29) is 5.82 Å². The largest absolute Gasteiger partial charge is 0.207 e. The van der Waals surface area contributed by atoms with Crippen molar-refractivity contribution in [3.05, 3.63) is 127 Å². The lowest BCUT2D eigenvalue weighted by Gasteiger charge is -2.27. The van der Waals surface area contributed by atoms with Gasteiger partial charge in [-0.05, 0) is 54.1 Å². The standard InChI is InChI=1S/C25H21FP/c26-22-16-18-25(19-17-22)27(23-12-6-2-7-13-23,24-14-8-3-9-15-24)20-21-10-4-1-5-11-21/h1-19H,20H2/q+1. The zero-order valence-corrected chi connectivity index (χ0v) is 15.9. The van der Waals surface area contributed by atoms with E-state index in [2.05, 4.69) is 84.9 Å². The molecule has 0 amide bonds. The molecule has 0 bridgehead atoms. The summed E-state index contributed by atoms with van der Waals surface area (Å²) in [4.78, 5) is 0. The molecule has 0 N–H and O–H groups in total. The second-order valence-corrected chi connectivity index (χ2v) is 10.1. The summed E-state index contributed by atoms with van der Waals surface area (Å²) in [6.45, 7) is 0. The molecule has 4 aromatic carbocycles. The lowest BCUT2D eigenvalue weighted by Crippen LogP contribution is -2.32. The molecule has 0 radical (unpaired) electrons. The molecule has 0 atom stereocenters. The van der Waals surface area contributed by atoms with Crippen LogP contribution in [-0.4, -0.2) is 0 Å². The van der Waals surface area contributed by atoms with Gasteiger partial charge in [-0.3, -0.25) is 0 Å². The van der Waals surface area contributed by atoms with Crippen LogP contribution in [0, 0.1) is 5.82 Å². The smallest absolute Gasteiger partial charge is 0.123 e. The molecule has 0 saturated heterocycles. The van der Waals surface area contributed by atoms with E-state index in [0.29, 0.717) is 0 Å². The van der Waals surface area contributed by atoms with E-state index >= 15 is 0 Å². The van der Waals surface area contributed by atoms with Crippen molar-refractivity contribution in [3.63, 3.8) is 0 Å². The van der Waals surface area contributed by atoms with E-state index in [1.54, 1.807) is 12.1 Å². The maximum absolute atomic E-state index is 13.7. The van der Waals surface area contributed by atoms with Gasteiger partial charge in [-0.1, -0.05) is 66.7 Å². The third kappa shape index (κ3) is 3.56. The molecule has 0 spiro atoms. The van der Waals surface area contributed by atoms with Crippen LogP contribution in [0.15, 0.2) is 115 Å². The highest BCUT2D eigenvalue weighted by Gasteiger charge is 2.45. The van der Waals surface area contributed by atoms with Crippen LogP contribution in [0.1, 0.15) is 5.56 Å². The number of hydrogen-bond acceptors (Lipinski definition) is 0. The highest BCUT2D eigenvalue weighted by molar-refractivity contribution is 7.95. The Morgan fingerprint density at radius 1 is 0.481 bits per heavy atom. The van der Waals surface area contributed by atoms with Gasteiger partial charge in [-0.25, -0.2) is 4.39 Å². The third-order valence-electron chi connectivity index (χ3n) is 4.92. The summed E-state index contributed by atoms with van der Waals surface area (Å²) < 4.78 is 13.7. The number of halogens is 1. The van der Waals surface area contributed by atoms with Gasteiger partial charge in [0, 0.05) is 0 Å². The molecule has 4 aromatic rings. The van der Waals surface area contributed by atoms with Crippen LogP contribution in [0.3, 0.4) is 0 Å². The first-order valence-electron chi connectivity index (χ1n) is 9.08. The predicted molar refractivity (Wildman–Crippen MR) is 115 cm³/mol. The number of rotatable bonds is 5. The quantitative estimate of drug-likeness (QED) is 0.417. The van der Waals surface area contributed by atoms with Crippen molar-refractivity contribution < 1.29 is 4.39 Å². The van der Waals surface area contributed by atoms with E-state index < -0.39 is 7.26 Å². The third-order valence-corrected chi connectivity index (χ3v) is 9.30. The Labute approximate surface area is 160 Å². The van der Waals surface area contributed by atoms with Crippen LogP contribution in [0.25, 0.3) is 0 Å². The minimum Gasteiger partial charge on any atom is -0.207 e. The molecular weight excluding hydrogens is 350 g/mol. The molecule has 0 heterocycles. The van der Waals surface area contributed by atoms with Gasteiger partial charge < -0.3 is 0 Å². The van der Waals surface area contributed by atoms with Crippen molar-refractivity contribution in [3.8, 4) is 0 Å². The fraction of sp³-hybridized carbons (Fsp3) is 0.0400. The van der Waals surface area contributed by atoms with Crippen LogP contribution in [0.4, 0.5) is 4.39 Å². The number of benzene rings is 4. The van der Waals surface area contributed by atoms with Gasteiger partial charge in [0.25, 0.3) is 0 Å². The van der Waals surface area contributed by atoms with E-state index in [9.17, 15) is 4.39 Å². The summed E-state index contributed by atoms with van der Waals surface area (Å²) in [7, 11) is -1.96. The van der Waals surface area contributed by atoms with Crippen LogP contribution in [0.5, 0.6) is 0 Å². The summed E-state index contributed by atoms with van der Waals surface area (Å²) in [6.07, 6.45) is 0.910. The van der Waals surface area contributed by atoms with Gasteiger partial charge >= 0.3 is 0 Å². The summed E-state index contributed by atoms with van der Waals surface area (Å²) >= 11 is 0. The van der Waals surface area contributed by atoms with E-state index in [4.69, 9.17) is 0 Å². The fourth-order valence-electron chi connectivity index (χ4n) is 3.64. The lowest BCUT2D eigenvalue weighted by molar-refractivity contribution is 0.628. The highest BCUT2D eigenvalue weighted by Crippen LogP contribution is 2.58. The maximum atomic E-state index is 13.7. The van der Waals surface area contributed by atoms with Crippen molar-refractivity contribution in [1.82, 2.24) is 0 Å². The summed E-state index contributed by atoms with van der Waals surface area (Å²) in [6, 6.07) is 39.1. The second-order valence-electron chi connectivity index (χ2n) is 6.60. The summed E-state index contributed by atoms with van der Waals surface area (Å²) in [5, 5.41) is 3.82. The zero-order chi connectivity index (χ0) is 18.5. The Kier molecular flexibility index (Phi) is 5.14. The van der Waals surface area contributed by atoms with Crippen molar-refractivity contribution in [2.75, 3.05) is 0 Å². The zero-order valence-electron chi connectivity index (χ0n) is 15.0. The molecule has 0 fully saturated rings. The fourth-order valence-corrected chi connectivity index (χ4v) is 7.86. The molecule has 0 aromatic heterocycles. The molecule has 0 aliphatic rings. The monoisotopic (exact) mass is 371 g/mol.